The molecule has 1 heterocycles. The lowest BCUT2D eigenvalue weighted by Crippen LogP contribution is -2.54. The van der Waals surface area contributed by atoms with Crippen molar-refractivity contribution in [3.8, 4) is 0 Å². The first-order valence-corrected chi connectivity index (χ1v) is 15.4. The summed E-state index contributed by atoms with van der Waals surface area (Å²) in [6, 6.07) is 8.24. The van der Waals surface area contributed by atoms with E-state index < -0.39 is 0 Å². The van der Waals surface area contributed by atoms with Gasteiger partial charge in [0, 0.05) is 24.2 Å². The number of carbonyl (C=O) groups excluding carboxylic acids is 2. The monoisotopic (exact) mass is 505 g/mol. The van der Waals surface area contributed by atoms with Crippen molar-refractivity contribution in [2.45, 2.75) is 102 Å². The summed E-state index contributed by atoms with van der Waals surface area (Å²) in [5.41, 5.74) is 8.04. The number of hydrogen-bond acceptors (Lipinski definition) is 3. The third-order valence-corrected chi connectivity index (χ3v) is 11.0. The van der Waals surface area contributed by atoms with Gasteiger partial charge in [-0.25, -0.2) is 4.79 Å². The van der Waals surface area contributed by atoms with E-state index >= 15 is 0 Å². The number of anilines is 1. The molecule has 202 valence electrons. The molecule has 2 atom stereocenters. The summed E-state index contributed by atoms with van der Waals surface area (Å²) in [4.78, 5) is 31.3. The van der Waals surface area contributed by atoms with E-state index in [-0.39, 0.29) is 18.0 Å². The number of primary amides is 1. The van der Waals surface area contributed by atoms with E-state index in [0.29, 0.717) is 36.1 Å². The summed E-state index contributed by atoms with van der Waals surface area (Å²) in [5.74, 6) is 4.52. The first-order chi connectivity index (χ1) is 18.0. The molecule has 5 aliphatic carbocycles. The Kier molecular flexibility index (Phi) is 7.35. The minimum Gasteiger partial charge on any atom is -0.351 e. The predicted octanol–water partition coefficient (Wildman–Crippen LogP) is 6.32. The van der Waals surface area contributed by atoms with Gasteiger partial charge >= 0.3 is 6.03 Å². The second-order valence-corrected chi connectivity index (χ2v) is 13.4. The van der Waals surface area contributed by atoms with Crippen LogP contribution in [-0.2, 0) is 4.79 Å². The smallest absolute Gasteiger partial charge is 0.319 e. The topological polar surface area (TPSA) is 66.6 Å². The van der Waals surface area contributed by atoms with E-state index in [2.05, 4.69) is 24.0 Å². The summed E-state index contributed by atoms with van der Waals surface area (Å²) >= 11 is 0. The molecule has 6 fully saturated rings. The van der Waals surface area contributed by atoms with Crippen molar-refractivity contribution in [1.82, 2.24) is 4.90 Å². The van der Waals surface area contributed by atoms with E-state index in [1.807, 2.05) is 17.0 Å². The zero-order valence-electron chi connectivity index (χ0n) is 22.8. The lowest BCUT2D eigenvalue weighted by molar-refractivity contribution is -0.138. The Bertz CT molecular complexity index is 958. The molecule has 0 radical (unpaired) electrons. The van der Waals surface area contributed by atoms with E-state index in [9.17, 15) is 9.59 Å². The number of rotatable bonds is 6. The first kappa shape index (κ1) is 25.4. The molecule has 2 N–H and O–H groups in total. The molecule has 0 aromatic heterocycles. The van der Waals surface area contributed by atoms with Gasteiger partial charge in [-0.15, -0.1) is 0 Å². The van der Waals surface area contributed by atoms with Gasteiger partial charge in [-0.1, -0.05) is 31.4 Å². The van der Waals surface area contributed by atoms with E-state index in [4.69, 9.17) is 5.73 Å². The van der Waals surface area contributed by atoms with Crippen molar-refractivity contribution in [2.75, 3.05) is 18.0 Å². The van der Waals surface area contributed by atoms with Crippen LogP contribution < -0.4 is 10.6 Å². The molecule has 1 aromatic carbocycles. The fourth-order valence-electron chi connectivity index (χ4n) is 9.74. The third kappa shape index (κ3) is 5.22. The number of nitrogens with two attached hydrogens (primary N) is 1. The fraction of sp³-hybridized carbons (Fsp3) is 0.750. The normalized spacial score (nSPS) is 36.3. The van der Waals surface area contributed by atoms with Gasteiger partial charge in [0.05, 0.1) is 12.6 Å². The minimum absolute atomic E-state index is 0.0131. The largest absolute Gasteiger partial charge is 0.351 e. The molecule has 0 spiro atoms. The number of nitrogens with zero attached hydrogens (tertiary/aromatic N) is 2. The molecule has 5 nitrogen and oxygen atoms in total. The highest BCUT2D eigenvalue weighted by molar-refractivity contribution is 5.91. The number of hydrogen-bond donors (Lipinski definition) is 1. The van der Waals surface area contributed by atoms with E-state index in [0.717, 1.165) is 48.9 Å². The zero-order chi connectivity index (χ0) is 25.5. The molecule has 1 aromatic rings. The van der Waals surface area contributed by atoms with Crippen molar-refractivity contribution in [3.05, 3.63) is 29.8 Å². The summed E-state index contributed by atoms with van der Waals surface area (Å²) in [5, 5.41) is 0. The maximum atomic E-state index is 14.1. The average Bonchev–Trinajstić information content (AvgIpc) is 3.06. The van der Waals surface area contributed by atoms with Crippen LogP contribution in [0.2, 0.25) is 0 Å². The standard InChI is InChI=1S/C32H47N3O2/c1-21-7-5-10-27(13-21)35(32(33)37)28-11-6-12-29(24-8-3-2-4-9-24)34(19-28)20-30(36)31-25-15-22-14-23(17-25)18-26(31)16-22/h5,7,10,13,22-26,28-29,31H,2-4,6,8-9,11-12,14-20H2,1H3,(H2,33,37). The Morgan fingerprint density at radius 1 is 0.892 bits per heavy atom. The van der Waals surface area contributed by atoms with E-state index in [1.54, 1.807) is 0 Å². The van der Waals surface area contributed by atoms with Crippen LogP contribution in [0.15, 0.2) is 24.3 Å². The zero-order valence-corrected chi connectivity index (χ0v) is 22.8. The maximum absolute atomic E-state index is 14.1. The molecule has 6 aliphatic rings. The molecule has 37 heavy (non-hydrogen) atoms. The molecular formula is C32H47N3O2. The van der Waals surface area contributed by atoms with Gasteiger partial charge in [0.25, 0.3) is 0 Å². The Hall–Kier alpha value is -1.88. The number of likely N-dealkylation sites (tertiary alicyclic amines) is 1. The summed E-state index contributed by atoms with van der Waals surface area (Å²) in [6.45, 7) is 3.40. The van der Waals surface area contributed by atoms with Crippen molar-refractivity contribution < 1.29 is 9.59 Å². The SMILES string of the molecule is Cc1cccc(N(C(N)=O)C2CCCC(C3CCCCC3)N(CC(=O)C3C4CC5CC(C4)CC3C5)C2)c1. The number of amides is 2. The van der Waals surface area contributed by atoms with Crippen LogP contribution in [0.4, 0.5) is 10.5 Å². The first-order valence-electron chi connectivity index (χ1n) is 15.4. The number of aryl methyl sites for hydroxylation is 1. The summed E-state index contributed by atoms with van der Waals surface area (Å²) < 4.78 is 0. The summed E-state index contributed by atoms with van der Waals surface area (Å²) in [6.07, 6.45) is 16.3. The Morgan fingerprint density at radius 2 is 1.59 bits per heavy atom. The number of carbonyl (C=O) groups is 2. The van der Waals surface area contributed by atoms with Crippen LogP contribution in [-0.4, -0.2) is 41.9 Å². The Balaban J connectivity index is 1.25. The second kappa shape index (κ2) is 10.7. The van der Waals surface area contributed by atoms with Crippen LogP contribution in [0.3, 0.4) is 0 Å². The molecule has 1 saturated heterocycles. The highest BCUT2D eigenvalue weighted by Crippen LogP contribution is 2.56. The maximum Gasteiger partial charge on any atom is 0.319 e. The van der Waals surface area contributed by atoms with Gasteiger partial charge in [0.15, 0.2) is 0 Å². The molecular weight excluding hydrogens is 458 g/mol. The van der Waals surface area contributed by atoms with Crippen LogP contribution in [0, 0.1) is 42.4 Å². The van der Waals surface area contributed by atoms with Crippen molar-refractivity contribution in [2.24, 2.45) is 41.2 Å². The molecule has 5 saturated carbocycles. The van der Waals surface area contributed by atoms with Crippen LogP contribution in [0.5, 0.6) is 0 Å². The van der Waals surface area contributed by atoms with Gasteiger partial charge < -0.3 is 5.73 Å². The number of Topliss-reactive ketones (excluding diaryl/α,β-unsaturated/α-hetero) is 1. The third-order valence-electron chi connectivity index (χ3n) is 11.0. The minimum atomic E-state index is -0.376. The van der Waals surface area contributed by atoms with Crippen LogP contribution in [0.25, 0.3) is 0 Å². The second-order valence-electron chi connectivity index (χ2n) is 13.4. The molecule has 2 amide bonds. The fourth-order valence-corrected chi connectivity index (χ4v) is 9.74. The quantitative estimate of drug-likeness (QED) is 0.492. The Morgan fingerprint density at radius 3 is 2.24 bits per heavy atom. The van der Waals surface area contributed by atoms with Gasteiger partial charge in [-0.2, -0.15) is 0 Å². The molecule has 7 rings (SSSR count). The van der Waals surface area contributed by atoms with Crippen LogP contribution >= 0.6 is 0 Å². The van der Waals surface area contributed by atoms with Crippen molar-refractivity contribution in [1.29, 1.82) is 0 Å². The number of benzene rings is 1. The number of urea groups is 1. The number of ketones is 1. The Labute approximate surface area is 223 Å². The highest BCUT2D eigenvalue weighted by atomic mass is 16.2. The van der Waals surface area contributed by atoms with Gasteiger partial charge in [-0.05, 0) is 118 Å². The van der Waals surface area contributed by atoms with Crippen molar-refractivity contribution >= 4 is 17.5 Å². The lowest BCUT2D eigenvalue weighted by Gasteiger charge is -2.54. The molecule has 4 bridgehead atoms. The van der Waals surface area contributed by atoms with Crippen molar-refractivity contribution in [3.63, 3.8) is 0 Å². The average molecular weight is 506 g/mol. The van der Waals surface area contributed by atoms with Gasteiger partial charge in [0.2, 0.25) is 0 Å². The molecule has 2 unspecified atom stereocenters. The van der Waals surface area contributed by atoms with Gasteiger partial charge in [-0.3, -0.25) is 14.6 Å². The van der Waals surface area contributed by atoms with Gasteiger partial charge in [0.1, 0.15) is 5.78 Å². The van der Waals surface area contributed by atoms with Crippen LogP contribution in [0.1, 0.15) is 89.0 Å². The molecule has 1 aliphatic heterocycles. The molecule has 5 heteroatoms. The predicted molar refractivity (Wildman–Crippen MR) is 148 cm³/mol. The summed E-state index contributed by atoms with van der Waals surface area (Å²) in [7, 11) is 0. The lowest BCUT2D eigenvalue weighted by atomic mass is 9.51. The van der Waals surface area contributed by atoms with E-state index in [1.165, 1.54) is 64.2 Å². The highest BCUT2D eigenvalue weighted by Gasteiger charge is 2.51.